The van der Waals surface area contributed by atoms with Crippen LogP contribution in [0, 0.1) is 0 Å². The van der Waals surface area contributed by atoms with Crippen molar-refractivity contribution in [3.8, 4) is 5.75 Å². The molecule has 0 spiro atoms. The van der Waals surface area contributed by atoms with Gasteiger partial charge in [0.2, 0.25) is 0 Å². The molecular weight excluding hydrogens is 220 g/mol. The normalized spacial score (nSPS) is 10.1. The number of hydrogen-bond donors (Lipinski definition) is 0. The number of ether oxygens (including phenoxy) is 1. The molecule has 18 heavy (non-hydrogen) atoms. The van der Waals surface area contributed by atoms with Crippen LogP contribution in [-0.4, -0.2) is 0 Å². The van der Waals surface area contributed by atoms with E-state index in [0.29, 0.717) is 6.61 Å². The smallest absolute Gasteiger partial charge is 0.123 e. The lowest BCUT2D eigenvalue weighted by Crippen LogP contribution is -1.98. The van der Waals surface area contributed by atoms with Crippen molar-refractivity contribution in [1.29, 1.82) is 0 Å². The quantitative estimate of drug-likeness (QED) is 0.702. The van der Waals surface area contributed by atoms with E-state index in [1.807, 2.05) is 43.3 Å². The zero-order chi connectivity index (χ0) is 12.8. The molecule has 1 heteroatoms. The molecule has 0 atom stereocenters. The van der Waals surface area contributed by atoms with Gasteiger partial charge in [-0.3, -0.25) is 0 Å². The molecule has 0 aliphatic heterocycles. The van der Waals surface area contributed by atoms with Gasteiger partial charge in [-0.05, 0) is 30.5 Å². The van der Waals surface area contributed by atoms with E-state index in [1.165, 1.54) is 11.1 Å². The monoisotopic (exact) mass is 238 g/mol. The van der Waals surface area contributed by atoms with Crippen molar-refractivity contribution in [3.05, 3.63) is 77.9 Å². The summed E-state index contributed by atoms with van der Waals surface area (Å²) in [6.45, 7) is 6.60. The van der Waals surface area contributed by atoms with Crippen molar-refractivity contribution >= 4 is 0 Å². The van der Waals surface area contributed by atoms with Gasteiger partial charge in [-0.25, -0.2) is 0 Å². The minimum absolute atomic E-state index is 0.605. The number of allylic oxidation sites excluding steroid dienone is 1. The number of para-hydroxylation sites is 1. The molecule has 1 nitrogen and oxygen atoms in total. The van der Waals surface area contributed by atoms with E-state index in [1.54, 1.807) is 0 Å². The minimum atomic E-state index is 0.605. The maximum absolute atomic E-state index is 5.88. The molecule has 0 aromatic heterocycles. The van der Waals surface area contributed by atoms with Gasteiger partial charge in [0.15, 0.2) is 0 Å². The Bertz CT molecular complexity index is 514. The van der Waals surface area contributed by atoms with Crippen LogP contribution in [0.4, 0.5) is 0 Å². The van der Waals surface area contributed by atoms with Gasteiger partial charge in [-0.1, -0.05) is 60.7 Å². The van der Waals surface area contributed by atoms with Gasteiger partial charge in [-0.2, -0.15) is 0 Å². The van der Waals surface area contributed by atoms with Crippen LogP contribution < -0.4 is 4.74 Å². The van der Waals surface area contributed by atoms with Crippen LogP contribution in [0.25, 0.3) is 0 Å². The molecule has 0 saturated heterocycles. The van der Waals surface area contributed by atoms with Crippen LogP contribution in [0.1, 0.15) is 18.1 Å². The average Bonchev–Trinajstić information content (AvgIpc) is 2.38. The molecule has 0 radical (unpaired) electrons. The molecule has 2 aromatic carbocycles. The van der Waals surface area contributed by atoms with E-state index < -0.39 is 0 Å². The molecule has 0 amide bonds. The largest absolute Gasteiger partial charge is 0.489 e. The Morgan fingerprint density at radius 3 is 2.39 bits per heavy atom. The number of rotatable bonds is 5. The van der Waals surface area contributed by atoms with E-state index >= 15 is 0 Å². The third-order valence-corrected chi connectivity index (χ3v) is 2.70. The van der Waals surface area contributed by atoms with Gasteiger partial charge >= 0.3 is 0 Å². The Balaban J connectivity index is 2.07. The Morgan fingerprint density at radius 2 is 1.67 bits per heavy atom. The summed E-state index contributed by atoms with van der Waals surface area (Å²) in [7, 11) is 0. The van der Waals surface area contributed by atoms with E-state index in [9.17, 15) is 0 Å². The standard InChI is InChI=1S/C17H18O/c1-14(2)12-16-10-6-7-11-17(16)18-13-15-8-4-3-5-9-15/h3-11H,1,12-13H2,2H3. The molecule has 2 rings (SSSR count). The highest BCUT2D eigenvalue weighted by atomic mass is 16.5. The van der Waals surface area contributed by atoms with Gasteiger partial charge in [0.05, 0.1) is 0 Å². The lowest BCUT2D eigenvalue weighted by Gasteiger charge is -2.11. The minimum Gasteiger partial charge on any atom is -0.489 e. The molecule has 0 heterocycles. The molecule has 0 unspecified atom stereocenters. The van der Waals surface area contributed by atoms with Crippen LogP contribution in [-0.2, 0) is 13.0 Å². The van der Waals surface area contributed by atoms with Crippen molar-refractivity contribution in [2.45, 2.75) is 20.0 Å². The van der Waals surface area contributed by atoms with E-state index in [4.69, 9.17) is 4.74 Å². The predicted molar refractivity (Wildman–Crippen MR) is 75.7 cm³/mol. The SMILES string of the molecule is C=C(C)Cc1ccccc1OCc1ccccc1. The average molecular weight is 238 g/mol. The number of hydrogen-bond acceptors (Lipinski definition) is 1. The second kappa shape index (κ2) is 6.06. The predicted octanol–water partition coefficient (Wildman–Crippen LogP) is 4.38. The third kappa shape index (κ3) is 3.49. The van der Waals surface area contributed by atoms with Crippen molar-refractivity contribution < 1.29 is 4.74 Å². The molecule has 92 valence electrons. The fourth-order valence-corrected chi connectivity index (χ4v) is 1.85. The van der Waals surface area contributed by atoms with Crippen molar-refractivity contribution in [2.75, 3.05) is 0 Å². The maximum atomic E-state index is 5.88. The van der Waals surface area contributed by atoms with E-state index in [-0.39, 0.29) is 0 Å². The van der Waals surface area contributed by atoms with Crippen LogP contribution in [0.5, 0.6) is 5.75 Å². The molecule has 0 saturated carbocycles. The van der Waals surface area contributed by atoms with Gasteiger partial charge in [0.1, 0.15) is 12.4 Å². The summed E-state index contributed by atoms with van der Waals surface area (Å²) in [5, 5.41) is 0. The van der Waals surface area contributed by atoms with Gasteiger partial charge in [-0.15, -0.1) is 0 Å². The van der Waals surface area contributed by atoms with Gasteiger partial charge in [0.25, 0.3) is 0 Å². The van der Waals surface area contributed by atoms with E-state index in [0.717, 1.165) is 17.7 Å². The molecular formula is C17H18O. The highest BCUT2D eigenvalue weighted by molar-refractivity contribution is 5.36. The molecule has 0 fully saturated rings. The summed E-state index contributed by atoms with van der Waals surface area (Å²) in [6, 6.07) is 18.4. The maximum Gasteiger partial charge on any atom is 0.123 e. The van der Waals surface area contributed by atoms with Crippen molar-refractivity contribution in [3.63, 3.8) is 0 Å². The highest BCUT2D eigenvalue weighted by Crippen LogP contribution is 2.21. The van der Waals surface area contributed by atoms with E-state index in [2.05, 4.69) is 24.8 Å². The second-order valence-corrected chi connectivity index (χ2v) is 4.52. The molecule has 0 aliphatic rings. The first kappa shape index (κ1) is 12.4. The van der Waals surface area contributed by atoms with Gasteiger partial charge in [0, 0.05) is 0 Å². The van der Waals surface area contributed by atoms with Crippen LogP contribution in [0.3, 0.4) is 0 Å². The van der Waals surface area contributed by atoms with Crippen LogP contribution in [0.2, 0.25) is 0 Å². The first-order valence-electron chi connectivity index (χ1n) is 6.15. The summed E-state index contributed by atoms with van der Waals surface area (Å²) >= 11 is 0. The summed E-state index contributed by atoms with van der Waals surface area (Å²) in [6.07, 6.45) is 0.866. The Kier molecular flexibility index (Phi) is 4.19. The lowest BCUT2D eigenvalue weighted by molar-refractivity contribution is 0.303. The summed E-state index contributed by atoms with van der Waals surface area (Å²) in [5.41, 5.74) is 3.52. The molecule has 0 aliphatic carbocycles. The summed E-state index contributed by atoms with van der Waals surface area (Å²) < 4.78 is 5.88. The Labute approximate surface area is 109 Å². The fraction of sp³-hybridized carbons (Fsp3) is 0.176. The molecule has 2 aromatic rings. The second-order valence-electron chi connectivity index (χ2n) is 4.52. The fourth-order valence-electron chi connectivity index (χ4n) is 1.85. The summed E-state index contributed by atoms with van der Waals surface area (Å²) in [4.78, 5) is 0. The van der Waals surface area contributed by atoms with Crippen molar-refractivity contribution in [1.82, 2.24) is 0 Å². The topological polar surface area (TPSA) is 9.23 Å². The Morgan fingerprint density at radius 1 is 1.00 bits per heavy atom. The first-order chi connectivity index (χ1) is 8.75. The van der Waals surface area contributed by atoms with Crippen molar-refractivity contribution in [2.24, 2.45) is 0 Å². The van der Waals surface area contributed by atoms with Gasteiger partial charge < -0.3 is 4.74 Å². The van der Waals surface area contributed by atoms with Crippen LogP contribution >= 0.6 is 0 Å². The zero-order valence-corrected chi connectivity index (χ0v) is 10.7. The molecule has 0 N–H and O–H groups in total. The highest BCUT2D eigenvalue weighted by Gasteiger charge is 2.03. The third-order valence-electron chi connectivity index (χ3n) is 2.70. The summed E-state index contributed by atoms with van der Waals surface area (Å²) in [5.74, 6) is 0.948. The Hall–Kier alpha value is -2.02. The molecule has 0 bridgehead atoms. The number of benzene rings is 2. The first-order valence-corrected chi connectivity index (χ1v) is 6.15. The lowest BCUT2D eigenvalue weighted by atomic mass is 10.1. The van der Waals surface area contributed by atoms with Crippen LogP contribution in [0.15, 0.2) is 66.7 Å². The zero-order valence-electron chi connectivity index (χ0n) is 10.7.